The fourth-order valence-corrected chi connectivity index (χ4v) is 2.23. The van der Waals surface area contributed by atoms with Crippen LogP contribution in [0.15, 0.2) is 24.3 Å². The van der Waals surface area contributed by atoms with E-state index in [0.717, 1.165) is 31.5 Å². The average molecular weight is 310 g/mol. The molecular formula is C14H19ClF3NO. The lowest BCUT2D eigenvalue weighted by molar-refractivity contribution is -0.137. The molecular weight excluding hydrogens is 291 g/mol. The summed E-state index contributed by atoms with van der Waals surface area (Å²) in [6.45, 7) is 1.58. The minimum Gasteiger partial charge on any atom is -0.494 e. The quantitative estimate of drug-likeness (QED) is 0.906. The van der Waals surface area contributed by atoms with Crippen molar-refractivity contribution in [2.24, 2.45) is 0 Å². The average Bonchev–Trinajstić information content (AvgIpc) is 2.39. The lowest BCUT2D eigenvalue weighted by atomic mass is 10.0. The zero-order valence-corrected chi connectivity index (χ0v) is 11.9. The van der Waals surface area contributed by atoms with Crippen LogP contribution in [0.5, 0.6) is 5.75 Å². The molecule has 1 fully saturated rings. The van der Waals surface area contributed by atoms with Crippen molar-refractivity contribution in [2.75, 3.05) is 13.2 Å². The standard InChI is InChI=1S/C14H18F3NO.ClH/c15-14(16,17)11-4-6-13(7-5-11)19-10-8-12-3-1-2-9-18-12;/h4-7,12,18H,1-3,8-10H2;1H. The maximum Gasteiger partial charge on any atom is 0.416 e. The molecule has 6 heteroatoms. The van der Waals surface area contributed by atoms with Crippen LogP contribution in [-0.4, -0.2) is 19.2 Å². The van der Waals surface area contributed by atoms with E-state index < -0.39 is 11.7 Å². The topological polar surface area (TPSA) is 21.3 Å². The maximum atomic E-state index is 12.4. The summed E-state index contributed by atoms with van der Waals surface area (Å²) in [4.78, 5) is 0. The van der Waals surface area contributed by atoms with Crippen LogP contribution >= 0.6 is 12.4 Å². The third-order valence-corrected chi connectivity index (χ3v) is 3.33. The van der Waals surface area contributed by atoms with E-state index in [-0.39, 0.29) is 12.4 Å². The van der Waals surface area contributed by atoms with E-state index in [1.54, 1.807) is 0 Å². The van der Waals surface area contributed by atoms with Gasteiger partial charge in [0.1, 0.15) is 5.75 Å². The molecule has 1 aromatic rings. The highest BCUT2D eigenvalue weighted by molar-refractivity contribution is 5.85. The Morgan fingerprint density at radius 3 is 2.40 bits per heavy atom. The van der Waals surface area contributed by atoms with Crippen molar-refractivity contribution in [3.8, 4) is 5.75 Å². The number of hydrogen-bond donors (Lipinski definition) is 1. The molecule has 20 heavy (non-hydrogen) atoms. The van der Waals surface area contributed by atoms with Crippen LogP contribution in [0.3, 0.4) is 0 Å². The van der Waals surface area contributed by atoms with E-state index in [4.69, 9.17) is 4.74 Å². The van der Waals surface area contributed by atoms with Gasteiger partial charge in [0.15, 0.2) is 0 Å². The van der Waals surface area contributed by atoms with E-state index in [9.17, 15) is 13.2 Å². The van der Waals surface area contributed by atoms with Crippen molar-refractivity contribution >= 4 is 12.4 Å². The van der Waals surface area contributed by atoms with Crippen molar-refractivity contribution in [1.82, 2.24) is 5.32 Å². The molecule has 0 spiro atoms. The highest BCUT2D eigenvalue weighted by atomic mass is 35.5. The second kappa shape index (κ2) is 7.74. The number of nitrogens with one attached hydrogen (secondary N) is 1. The molecule has 0 amide bonds. The number of piperidine rings is 1. The Morgan fingerprint density at radius 1 is 1.15 bits per heavy atom. The van der Waals surface area contributed by atoms with Crippen LogP contribution in [0.4, 0.5) is 13.2 Å². The van der Waals surface area contributed by atoms with Crippen LogP contribution in [0.2, 0.25) is 0 Å². The van der Waals surface area contributed by atoms with Crippen molar-refractivity contribution < 1.29 is 17.9 Å². The Kier molecular flexibility index (Phi) is 6.62. The van der Waals surface area contributed by atoms with Gasteiger partial charge < -0.3 is 10.1 Å². The van der Waals surface area contributed by atoms with Crippen molar-refractivity contribution in [2.45, 2.75) is 37.9 Å². The molecule has 1 aliphatic rings. The number of halogens is 4. The predicted octanol–water partition coefficient (Wildman–Crippen LogP) is 4.04. The first-order valence-corrected chi connectivity index (χ1v) is 6.59. The lowest BCUT2D eigenvalue weighted by Crippen LogP contribution is -2.35. The molecule has 0 saturated carbocycles. The number of ether oxygens (including phenoxy) is 1. The molecule has 1 unspecified atom stereocenters. The molecule has 2 rings (SSSR count). The second-order valence-electron chi connectivity index (χ2n) is 4.81. The van der Waals surface area contributed by atoms with E-state index >= 15 is 0 Å². The Hall–Kier alpha value is -0.940. The van der Waals surface area contributed by atoms with Gasteiger partial charge in [-0.05, 0) is 50.1 Å². The van der Waals surface area contributed by atoms with E-state index in [1.165, 1.54) is 25.0 Å². The molecule has 0 aromatic heterocycles. The number of alkyl halides is 3. The Bertz CT molecular complexity index is 388. The molecule has 114 valence electrons. The summed E-state index contributed by atoms with van der Waals surface area (Å²) in [7, 11) is 0. The zero-order valence-electron chi connectivity index (χ0n) is 11.1. The molecule has 1 atom stereocenters. The molecule has 0 bridgehead atoms. The first-order chi connectivity index (χ1) is 9.05. The highest BCUT2D eigenvalue weighted by Crippen LogP contribution is 2.30. The largest absolute Gasteiger partial charge is 0.494 e. The minimum atomic E-state index is -4.29. The van der Waals surface area contributed by atoms with E-state index in [0.29, 0.717) is 18.4 Å². The number of benzene rings is 1. The molecule has 2 nitrogen and oxygen atoms in total. The third-order valence-electron chi connectivity index (χ3n) is 3.33. The third kappa shape index (κ3) is 5.21. The Labute approximate surface area is 123 Å². The van der Waals surface area contributed by atoms with Crippen molar-refractivity contribution in [3.63, 3.8) is 0 Å². The Balaban J connectivity index is 0.00000200. The van der Waals surface area contributed by atoms with Gasteiger partial charge in [-0.2, -0.15) is 13.2 Å². The first-order valence-electron chi connectivity index (χ1n) is 6.59. The van der Waals surface area contributed by atoms with Crippen LogP contribution in [0.1, 0.15) is 31.2 Å². The predicted molar refractivity (Wildman–Crippen MR) is 74.4 cm³/mol. The molecule has 1 aromatic carbocycles. The Morgan fingerprint density at radius 2 is 1.85 bits per heavy atom. The van der Waals surface area contributed by atoms with Gasteiger partial charge >= 0.3 is 6.18 Å². The molecule has 1 N–H and O–H groups in total. The summed E-state index contributed by atoms with van der Waals surface area (Å²) in [5.41, 5.74) is -0.645. The van der Waals surface area contributed by atoms with Gasteiger partial charge in [-0.25, -0.2) is 0 Å². The molecule has 1 saturated heterocycles. The second-order valence-corrected chi connectivity index (χ2v) is 4.81. The maximum absolute atomic E-state index is 12.4. The summed E-state index contributed by atoms with van der Waals surface area (Å²) in [6.07, 6.45) is 0.205. The SMILES string of the molecule is Cl.FC(F)(F)c1ccc(OCCC2CCCCN2)cc1. The lowest BCUT2D eigenvalue weighted by Gasteiger charge is -2.23. The number of hydrogen-bond acceptors (Lipinski definition) is 2. The zero-order chi connectivity index (χ0) is 13.7. The molecule has 0 aliphatic carbocycles. The van der Waals surface area contributed by atoms with E-state index in [2.05, 4.69) is 5.32 Å². The van der Waals surface area contributed by atoms with Gasteiger partial charge in [-0.1, -0.05) is 6.42 Å². The van der Waals surface area contributed by atoms with Crippen LogP contribution in [-0.2, 0) is 6.18 Å². The monoisotopic (exact) mass is 309 g/mol. The smallest absolute Gasteiger partial charge is 0.416 e. The molecule has 1 aliphatic heterocycles. The van der Waals surface area contributed by atoms with Crippen molar-refractivity contribution in [3.05, 3.63) is 29.8 Å². The van der Waals surface area contributed by atoms with Crippen molar-refractivity contribution in [1.29, 1.82) is 0 Å². The summed E-state index contributed by atoms with van der Waals surface area (Å²) in [6, 6.07) is 5.32. The van der Waals surface area contributed by atoms with Gasteiger partial charge in [0, 0.05) is 6.04 Å². The summed E-state index contributed by atoms with van der Waals surface area (Å²) < 4.78 is 42.6. The molecule has 1 heterocycles. The molecule has 0 radical (unpaired) electrons. The van der Waals surface area contributed by atoms with Gasteiger partial charge in [0.05, 0.1) is 12.2 Å². The summed E-state index contributed by atoms with van der Waals surface area (Å²) >= 11 is 0. The fourth-order valence-electron chi connectivity index (χ4n) is 2.23. The van der Waals surface area contributed by atoms with Crippen LogP contribution < -0.4 is 10.1 Å². The summed E-state index contributed by atoms with van der Waals surface area (Å²) in [5, 5.41) is 3.41. The minimum absolute atomic E-state index is 0. The van der Waals surface area contributed by atoms with Gasteiger partial charge in [-0.3, -0.25) is 0 Å². The number of rotatable bonds is 4. The fraction of sp³-hybridized carbons (Fsp3) is 0.571. The van der Waals surface area contributed by atoms with Crippen LogP contribution in [0, 0.1) is 0 Å². The van der Waals surface area contributed by atoms with Gasteiger partial charge in [0.2, 0.25) is 0 Å². The van der Waals surface area contributed by atoms with Gasteiger partial charge in [-0.15, -0.1) is 12.4 Å². The van der Waals surface area contributed by atoms with Crippen LogP contribution in [0.25, 0.3) is 0 Å². The first kappa shape index (κ1) is 17.1. The summed E-state index contributed by atoms with van der Waals surface area (Å²) in [5.74, 6) is 0.490. The highest BCUT2D eigenvalue weighted by Gasteiger charge is 2.30. The van der Waals surface area contributed by atoms with E-state index in [1.807, 2.05) is 0 Å². The normalized spacial score (nSPS) is 19.2. The van der Waals surface area contributed by atoms with Gasteiger partial charge in [0.25, 0.3) is 0 Å².